The number of nitrogens with zero attached hydrogens (tertiary/aromatic N) is 1. The Hall–Kier alpha value is -3.38. The number of methoxy groups -OCH3 is 1. The zero-order valence-electron chi connectivity index (χ0n) is 18.8. The van der Waals surface area contributed by atoms with E-state index in [1.807, 2.05) is 63.2 Å². The predicted molar refractivity (Wildman–Crippen MR) is 133 cm³/mol. The van der Waals surface area contributed by atoms with E-state index in [9.17, 15) is 14.7 Å². The number of Topliss-reactive ketones (excluding diaryl/α,β-unsaturated/α-hetero) is 1. The largest absolute Gasteiger partial charge is 0.507 e. The third-order valence-electron chi connectivity index (χ3n) is 5.93. The van der Waals surface area contributed by atoms with Crippen molar-refractivity contribution in [1.29, 1.82) is 0 Å². The molecule has 3 aromatic carbocycles. The summed E-state index contributed by atoms with van der Waals surface area (Å²) < 4.78 is 6.46. The van der Waals surface area contributed by atoms with Crippen LogP contribution in [0.2, 0.25) is 0 Å². The molecule has 1 amide bonds. The molecule has 168 valence electrons. The van der Waals surface area contributed by atoms with Crippen LogP contribution in [0.25, 0.3) is 5.76 Å². The van der Waals surface area contributed by atoms with Crippen LogP contribution < -0.4 is 9.64 Å². The number of ether oxygens (including phenoxy) is 1. The van der Waals surface area contributed by atoms with Gasteiger partial charge in [-0.15, -0.1) is 0 Å². The van der Waals surface area contributed by atoms with Gasteiger partial charge in [0.1, 0.15) is 11.5 Å². The molecular formula is C27H24BrNO4. The van der Waals surface area contributed by atoms with Gasteiger partial charge in [0.05, 0.1) is 18.7 Å². The van der Waals surface area contributed by atoms with E-state index in [0.717, 1.165) is 21.2 Å². The van der Waals surface area contributed by atoms with Crippen LogP contribution in [0, 0.1) is 20.8 Å². The van der Waals surface area contributed by atoms with Gasteiger partial charge in [-0.25, -0.2) is 0 Å². The van der Waals surface area contributed by atoms with Gasteiger partial charge in [-0.1, -0.05) is 52.3 Å². The summed E-state index contributed by atoms with van der Waals surface area (Å²) in [7, 11) is 1.54. The summed E-state index contributed by atoms with van der Waals surface area (Å²) in [6.07, 6.45) is 0. The second kappa shape index (κ2) is 8.87. The number of hydrogen-bond donors (Lipinski definition) is 1. The molecule has 33 heavy (non-hydrogen) atoms. The normalized spacial score (nSPS) is 17.5. The standard InChI is InChI=1S/C27H24BrNO4/c1-15-9-10-16(2)21(13-15)29-24(19-7-5-6-8-22(19)33-4)23(26(31)27(29)32)25(30)18-11-12-20(28)17(3)14-18/h5-14,24,30H,1-4H3/b25-23+. The number of aliphatic hydroxyl groups excluding tert-OH is 1. The molecule has 1 N–H and O–H groups in total. The van der Waals surface area contributed by atoms with Crippen molar-refractivity contribution in [3.05, 3.63) is 98.5 Å². The number of ketones is 1. The van der Waals surface area contributed by atoms with Crippen molar-refractivity contribution in [2.45, 2.75) is 26.8 Å². The van der Waals surface area contributed by atoms with Crippen LogP contribution in [0.15, 0.2) is 70.7 Å². The Morgan fingerprint density at radius 1 is 0.970 bits per heavy atom. The van der Waals surface area contributed by atoms with Crippen molar-refractivity contribution >= 4 is 39.1 Å². The molecular weight excluding hydrogens is 482 g/mol. The molecule has 0 aliphatic carbocycles. The number of anilines is 1. The van der Waals surface area contributed by atoms with Gasteiger partial charge in [-0.05, 0) is 61.7 Å². The minimum absolute atomic E-state index is 0.0344. The molecule has 1 heterocycles. The summed E-state index contributed by atoms with van der Waals surface area (Å²) in [6.45, 7) is 5.72. The highest BCUT2D eigenvalue weighted by molar-refractivity contribution is 9.10. The third-order valence-corrected chi connectivity index (χ3v) is 6.82. The predicted octanol–water partition coefficient (Wildman–Crippen LogP) is 6.01. The minimum Gasteiger partial charge on any atom is -0.507 e. The van der Waals surface area contributed by atoms with Crippen LogP contribution in [-0.2, 0) is 9.59 Å². The number of aryl methyl sites for hydroxylation is 3. The fourth-order valence-electron chi connectivity index (χ4n) is 4.19. The van der Waals surface area contributed by atoms with Crippen LogP contribution in [0.4, 0.5) is 5.69 Å². The van der Waals surface area contributed by atoms with Crippen molar-refractivity contribution in [1.82, 2.24) is 0 Å². The number of carbonyl (C=O) groups excluding carboxylic acids is 2. The minimum atomic E-state index is -0.842. The third kappa shape index (κ3) is 3.95. The van der Waals surface area contributed by atoms with Crippen LogP contribution in [0.5, 0.6) is 5.75 Å². The summed E-state index contributed by atoms with van der Waals surface area (Å²) in [6, 6.07) is 17.5. The van der Waals surface area contributed by atoms with Crippen molar-refractivity contribution < 1.29 is 19.4 Å². The van der Waals surface area contributed by atoms with E-state index in [4.69, 9.17) is 4.74 Å². The number of benzene rings is 3. The van der Waals surface area contributed by atoms with Crippen molar-refractivity contribution in [2.24, 2.45) is 0 Å². The quantitative estimate of drug-likeness (QED) is 0.268. The number of carbonyl (C=O) groups is 2. The average molecular weight is 506 g/mol. The Morgan fingerprint density at radius 3 is 2.39 bits per heavy atom. The SMILES string of the molecule is COc1ccccc1C1/C(=C(\O)c2ccc(Br)c(C)c2)C(=O)C(=O)N1c1cc(C)ccc1C. The molecule has 1 aliphatic heterocycles. The molecule has 0 radical (unpaired) electrons. The van der Waals surface area contributed by atoms with Crippen molar-refractivity contribution in [3.8, 4) is 5.75 Å². The van der Waals surface area contributed by atoms with Gasteiger partial charge in [-0.2, -0.15) is 0 Å². The van der Waals surface area contributed by atoms with E-state index < -0.39 is 17.7 Å². The highest BCUT2D eigenvalue weighted by Crippen LogP contribution is 2.45. The van der Waals surface area contributed by atoms with Crippen LogP contribution in [0.3, 0.4) is 0 Å². The molecule has 1 aliphatic rings. The molecule has 0 saturated carbocycles. The highest BCUT2D eigenvalue weighted by atomic mass is 79.9. The summed E-state index contributed by atoms with van der Waals surface area (Å²) in [5.41, 5.74) is 4.45. The van der Waals surface area contributed by atoms with Crippen molar-refractivity contribution in [2.75, 3.05) is 12.0 Å². The maximum atomic E-state index is 13.4. The van der Waals surface area contributed by atoms with Gasteiger partial charge in [0.2, 0.25) is 0 Å². The maximum Gasteiger partial charge on any atom is 0.300 e. The molecule has 0 spiro atoms. The lowest BCUT2D eigenvalue weighted by Gasteiger charge is -2.28. The van der Waals surface area contributed by atoms with Gasteiger partial charge in [0.15, 0.2) is 0 Å². The second-order valence-corrected chi connectivity index (χ2v) is 9.02. The molecule has 1 atom stereocenters. The summed E-state index contributed by atoms with van der Waals surface area (Å²) in [4.78, 5) is 28.3. The summed E-state index contributed by atoms with van der Waals surface area (Å²) in [5.74, 6) is -1.11. The molecule has 3 aromatic rings. The smallest absolute Gasteiger partial charge is 0.300 e. The zero-order valence-corrected chi connectivity index (χ0v) is 20.4. The molecule has 1 fully saturated rings. The molecule has 5 nitrogen and oxygen atoms in total. The number of para-hydroxylation sites is 1. The van der Waals surface area contributed by atoms with Crippen molar-refractivity contribution in [3.63, 3.8) is 0 Å². The molecule has 1 unspecified atom stereocenters. The Bertz CT molecular complexity index is 1310. The van der Waals surface area contributed by atoms with Gasteiger partial charge in [0.25, 0.3) is 11.7 Å². The lowest BCUT2D eigenvalue weighted by molar-refractivity contribution is -0.132. The van der Waals surface area contributed by atoms with Crippen LogP contribution >= 0.6 is 15.9 Å². The van der Waals surface area contributed by atoms with E-state index in [2.05, 4.69) is 15.9 Å². The van der Waals surface area contributed by atoms with E-state index in [1.54, 1.807) is 25.3 Å². The fourth-order valence-corrected chi connectivity index (χ4v) is 4.44. The molecule has 6 heteroatoms. The topological polar surface area (TPSA) is 66.8 Å². The van der Waals surface area contributed by atoms with E-state index in [0.29, 0.717) is 22.6 Å². The fraction of sp³-hybridized carbons (Fsp3) is 0.185. The summed E-state index contributed by atoms with van der Waals surface area (Å²) in [5, 5.41) is 11.3. The Morgan fingerprint density at radius 2 is 1.70 bits per heavy atom. The van der Waals surface area contributed by atoms with Gasteiger partial charge < -0.3 is 9.84 Å². The average Bonchev–Trinajstić information content (AvgIpc) is 3.07. The second-order valence-electron chi connectivity index (χ2n) is 8.16. The first kappa shape index (κ1) is 22.8. The van der Waals surface area contributed by atoms with Gasteiger partial charge in [0, 0.05) is 21.3 Å². The monoisotopic (exact) mass is 505 g/mol. The van der Waals surface area contributed by atoms with E-state index in [-0.39, 0.29) is 11.3 Å². The Kier molecular flexibility index (Phi) is 6.13. The first-order valence-corrected chi connectivity index (χ1v) is 11.3. The summed E-state index contributed by atoms with van der Waals surface area (Å²) >= 11 is 3.46. The highest BCUT2D eigenvalue weighted by Gasteiger charge is 2.48. The molecule has 4 rings (SSSR count). The van der Waals surface area contributed by atoms with Crippen LogP contribution in [-0.4, -0.2) is 23.9 Å². The lowest BCUT2D eigenvalue weighted by Crippen LogP contribution is -2.30. The van der Waals surface area contributed by atoms with Crippen LogP contribution in [0.1, 0.15) is 33.9 Å². The van der Waals surface area contributed by atoms with Gasteiger partial charge in [-0.3, -0.25) is 14.5 Å². The first-order valence-electron chi connectivity index (χ1n) is 10.5. The molecule has 0 bridgehead atoms. The van der Waals surface area contributed by atoms with E-state index >= 15 is 0 Å². The zero-order chi connectivity index (χ0) is 23.9. The van der Waals surface area contributed by atoms with Gasteiger partial charge >= 0.3 is 0 Å². The number of aliphatic hydroxyl groups is 1. The Balaban J connectivity index is 2.03. The maximum absolute atomic E-state index is 13.4. The van der Waals surface area contributed by atoms with E-state index in [1.165, 1.54) is 4.90 Å². The molecule has 0 aromatic heterocycles. The molecule has 1 saturated heterocycles. The first-order chi connectivity index (χ1) is 15.7. The number of hydrogen-bond acceptors (Lipinski definition) is 4. The number of rotatable bonds is 4. The lowest BCUT2D eigenvalue weighted by atomic mass is 9.94. The number of halogens is 1. The number of amides is 1. The Labute approximate surface area is 201 Å².